The number of hydrogen-bond donors (Lipinski definition) is 1. The number of aryl methyl sites for hydroxylation is 1. The van der Waals surface area contributed by atoms with Gasteiger partial charge in [0.1, 0.15) is 5.82 Å². The highest BCUT2D eigenvalue weighted by molar-refractivity contribution is 9.10. The van der Waals surface area contributed by atoms with Crippen LogP contribution >= 0.6 is 15.9 Å². The van der Waals surface area contributed by atoms with E-state index in [0.717, 1.165) is 10.0 Å². The van der Waals surface area contributed by atoms with Gasteiger partial charge < -0.3 is 5.11 Å². The maximum Gasteiger partial charge on any atom is 0.129 e. The molecule has 0 heterocycles. The van der Waals surface area contributed by atoms with Gasteiger partial charge in [0.15, 0.2) is 0 Å². The van der Waals surface area contributed by atoms with Crippen molar-refractivity contribution < 1.29 is 9.50 Å². The van der Waals surface area contributed by atoms with Crippen LogP contribution in [0.15, 0.2) is 16.6 Å². The third-order valence-corrected chi connectivity index (χ3v) is 2.35. The molecule has 0 aliphatic carbocycles. The maximum absolute atomic E-state index is 12.8. The van der Waals surface area contributed by atoms with Crippen LogP contribution in [-0.4, -0.2) is 5.11 Å². The summed E-state index contributed by atoms with van der Waals surface area (Å²) in [6.45, 7) is 1.54. The Labute approximate surface area is 73.0 Å². The number of hydrogen-bond acceptors (Lipinski definition) is 1. The van der Waals surface area contributed by atoms with E-state index in [0.29, 0.717) is 5.56 Å². The molecule has 0 aliphatic heterocycles. The third-order valence-electron chi connectivity index (χ3n) is 1.50. The zero-order valence-corrected chi connectivity index (χ0v) is 7.65. The van der Waals surface area contributed by atoms with Crippen LogP contribution in [0.25, 0.3) is 0 Å². The molecule has 1 nitrogen and oxygen atoms in total. The lowest BCUT2D eigenvalue weighted by atomic mass is 10.1. The summed E-state index contributed by atoms with van der Waals surface area (Å²) in [5.74, 6) is -0.354. The van der Waals surface area contributed by atoms with Crippen LogP contribution in [0.1, 0.15) is 11.1 Å². The Morgan fingerprint density at radius 2 is 2.18 bits per heavy atom. The fourth-order valence-corrected chi connectivity index (χ4v) is 1.20. The molecule has 0 radical (unpaired) electrons. The number of benzene rings is 1. The molecule has 1 aromatic rings. The van der Waals surface area contributed by atoms with Gasteiger partial charge in [-0.3, -0.25) is 0 Å². The highest BCUT2D eigenvalue weighted by Gasteiger charge is 2.03. The van der Waals surface area contributed by atoms with Gasteiger partial charge in [-0.15, -0.1) is 0 Å². The topological polar surface area (TPSA) is 20.2 Å². The summed E-state index contributed by atoms with van der Waals surface area (Å²) < 4.78 is 13.7. The Morgan fingerprint density at radius 3 is 2.73 bits per heavy atom. The molecular formula is C8H8BrFO. The molecule has 1 rings (SSSR count). The molecule has 0 fully saturated rings. The Hall–Kier alpha value is -0.410. The van der Waals surface area contributed by atoms with E-state index < -0.39 is 0 Å². The second kappa shape index (κ2) is 3.32. The fraction of sp³-hybridized carbons (Fsp3) is 0.250. The van der Waals surface area contributed by atoms with E-state index in [2.05, 4.69) is 15.9 Å². The summed E-state index contributed by atoms with van der Waals surface area (Å²) >= 11 is 3.24. The Kier molecular flexibility index (Phi) is 2.62. The average Bonchev–Trinajstić information content (AvgIpc) is 1.97. The number of aliphatic hydroxyl groups excluding tert-OH is 1. The van der Waals surface area contributed by atoms with Crippen molar-refractivity contribution in [2.75, 3.05) is 0 Å². The molecule has 0 spiro atoms. The van der Waals surface area contributed by atoms with E-state index in [9.17, 15) is 4.39 Å². The third kappa shape index (κ3) is 1.79. The molecule has 0 saturated carbocycles. The Bertz CT molecular complexity index is 273. The number of rotatable bonds is 1. The second-order valence-corrected chi connectivity index (χ2v) is 3.21. The first kappa shape index (κ1) is 8.68. The van der Waals surface area contributed by atoms with Gasteiger partial charge in [0.25, 0.3) is 0 Å². The van der Waals surface area contributed by atoms with Gasteiger partial charge in [0, 0.05) is 10.0 Å². The van der Waals surface area contributed by atoms with Crippen LogP contribution in [0.2, 0.25) is 0 Å². The fourth-order valence-electron chi connectivity index (χ4n) is 0.809. The van der Waals surface area contributed by atoms with Gasteiger partial charge in [0.2, 0.25) is 0 Å². The van der Waals surface area contributed by atoms with Crippen LogP contribution in [-0.2, 0) is 6.61 Å². The average molecular weight is 219 g/mol. The molecule has 11 heavy (non-hydrogen) atoms. The zero-order valence-electron chi connectivity index (χ0n) is 6.06. The lowest BCUT2D eigenvalue weighted by Crippen LogP contribution is -1.91. The van der Waals surface area contributed by atoms with Gasteiger partial charge >= 0.3 is 0 Å². The summed E-state index contributed by atoms with van der Waals surface area (Å²) in [7, 11) is 0. The van der Waals surface area contributed by atoms with E-state index >= 15 is 0 Å². The van der Waals surface area contributed by atoms with Gasteiger partial charge in [0.05, 0.1) is 6.61 Å². The van der Waals surface area contributed by atoms with E-state index in [4.69, 9.17) is 5.11 Å². The second-order valence-electron chi connectivity index (χ2n) is 2.35. The number of aliphatic hydroxyl groups is 1. The molecule has 1 N–H and O–H groups in total. The van der Waals surface area contributed by atoms with Crippen molar-refractivity contribution in [2.24, 2.45) is 0 Å². The molecule has 0 aromatic heterocycles. The smallest absolute Gasteiger partial charge is 0.129 e. The van der Waals surface area contributed by atoms with Gasteiger partial charge in [-0.1, -0.05) is 15.9 Å². The van der Waals surface area contributed by atoms with Crippen molar-refractivity contribution >= 4 is 15.9 Å². The molecule has 3 heteroatoms. The van der Waals surface area contributed by atoms with E-state index in [-0.39, 0.29) is 12.4 Å². The first-order valence-corrected chi connectivity index (χ1v) is 4.00. The van der Waals surface area contributed by atoms with E-state index in [1.165, 1.54) is 6.07 Å². The van der Waals surface area contributed by atoms with Crippen molar-refractivity contribution in [3.05, 3.63) is 33.5 Å². The Morgan fingerprint density at radius 1 is 1.55 bits per heavy atom. The molecule has 0 saturated heterocycles. The molecular weight excluding hydrogens is 211 g/mol. The lowest BCUT2D eigenvalue weighted by molar-refractivity contribution is 0.275. The first-order valence-electron chi connectivity index (χ1n) is 3.20. The summed E-state index contributed by atoms with van der Waals surface area (Å²) in [5, 5.41) is 8.67. The van der Waals surface area contributed by atoms with Crippen molar-refractivity contribution in [1.82, 2.24) is 0 Å². The van der Waals surface area contributed by atoms with Crippen LogP contribution in [0.5, 0.6) is 0 Å². The SMILES string of the molecule is Cc1cc(F)c(CO)cc1Br. The van der Waals surface area contributed by atoms with Crippen molar-refractivity contribution in [1.29, 1.82) is 0 Å². The first-order chi connectivity index (χ1) is 5.15. The molecule has 0 atom stereocenters. The van der Waals surface area contributed by atoms with Crippen molar-refractivity contribution in [3.8, 4) is 0 Å². The maximum atomic E-state index is 12.8. The molecule has 0 amide bonds. The van der Waals surface area contributed by atoms with Crippen LogP contribution in [0, 0.1) is 12.7 Å². The van der Waals surface area contributed by atoms with Crippen molar-refractivity contribution in [3.63, 3.8) is 0 Å². The minimum atomic E-state index is -0.354. The molecule has 1 aromatic carbocycles. The summed E-state index contributed by atoms with van der Waals surface area (Å²) in [6.07, 6.45) is 0. The molecule has 0 bridgehead atoms. The normalized spacial score (nSPS) is 10.2. The Balaban J connectivity index is 3.21. The molecule has 0 unspecified atom stereocenters. The quantitative estimate of drug-likeness (QED) is 0.768. The summed E-state index contributed by atoms with van der Waals surface area (Å²) in [6, 6.07) is 2.99. The van der Waals surface area contributed by atoms with Crippen molar-refractivity contribution in [2.45, 2.75) is 13.5 Å². The predicted octanol–water partition coefficient (Wildman–Crippen LogP) is 2.39. The summed E-state index contributed by atoms with van der Waals surface area (Å²) in [4.78, 5) is 0. The van der Waals surface area contributed by atoms with Crippen LogP contribution in [0.4, 0.5) is 4.39 Å². The largest absolute Gasteiger partial charge is 0.392 e. The molecule has 0 aliphatic rings. The van der Waals surface area contributed by atoms with E-state index in [1.54, 1.807) is 13.0 Å². The monoisotopic (exact) mass is 218 g/mol. The van der Waals surface area contributed by atoms with Crippen LogP contribution < -0.4 is 0 Å². The highest BCUT2D eigenvalue weighted by atomic mass is 79.9. The zero-order chi connectivity index (χ0) is 8.43. The van der Waals surface area contributed by atoms with Gasteiger partial charge in [-0.25, -0.2) is 4.39 Å². The predicted molar refractivity (Wildman–Crippen MR) is 44.8 cm³/mol. The molecule has 60 valence electrons. The lowest BCUT2D eigenvalue weighted by Gasteiger charge is -2.02. The van der Waals surface area contributed by atoms with E-state index in [1.807, 2.05) is 0 Å². The highest BCUT2D eigenvalue weighted by Crippen LogP contribution is 2.20. The van der Waals surface area contributed by atoms with Gasteiger partial charge in [-0.05, 0) is 24.6 Å². The minimum Gasteiger partial charge on any atom is -0.392 e. The summed E-state index contributed by atoms with van der Waals surface area (Å²) in [5.41, 5.74) is 1.15. The number of halogens is 2. The van der Waals surface area contributed by atoms with Gasteiger partial charge in [-0.2, -0.15) is 0 Å². The van der Waals surface area contributed by atoms with Crippen LogP contribution in [0.3, 0.4) is 0 Å². The standard InChI is InChI=1S/C8H8BrFO/c1-5-2-8(10)6(4-11)3-7(5)9/h2-3,11H,4H2,1H3. The minimum absolute atomic E-state index is 0.259.